The fourth-order valence-electron chi connectivity index (χ4n) is 2.95. The highest BCUT2D eigenvalue weighted by molar-refractivity contribution is 6.33. The molecule has 7 nitrogen and oxygen atoms in total. The largest absolute Gasteiger partial charge is 0.478 e. The van der Waals surface area contributed by atoms with Crippen LogP contribution in [0.5, 0.6) is 5.75 Å². The molecule has 1 fully saturated rings. The smallest absolute Gasteiger partial charge is 0.360 e. The van der Waals surface area contributed by atoms with Crippen LogP contribution in [0.3, 0.4) is 0 Å². The molecule has 9 heteroatoms. The number of benzene rings is 1. The van der Waals surface area contributed by atoms with E-state index < -0.39 is 11.5 Å². The molecule has 2 aromatic rings. The highest BCUT2D eigenvalue weighted by Gasteiger charge is 2.21. The zero-order valence-corrected chi connectivity index (χ0v) is 16.4. The van der Waals surface area contributed by atoms with Crippen LogP contribution in [0.2, 0.25) is 5.02 Å². The Labute approximate surface area is 172 Å². The summed E-state index contributed by atoms with van der Waals surface area (Å²) < 4.78 is 5.05. The normalized spacial score (nSPS) is 15.9. The number of carbonyl (C=O) groups is 2. The number of carboxylic acids is 1. The molecule has 0 radical (unpaired) electrons. The average Bonchev–Trinajstić information content (AvgIpc) is 2.70. The summed E-state index contributed by atoms with van der Waals surface area (Å²) in [5.74, 6) is -1.26. The summed E-state index contributed by atoms with van der Waals surface area (Å²) in [6, 6.07) is 8.43. The molecule has 0 spiro atoms. The predicted octanol–water partition coefficient (Wildman–Crippen LogP) is 2.77. The average molecular weight is 424 g/mol. The molecule has 1 unspecified atom stereocenters. The third kappa shape index (κ3) is 5.13. The minimum atomic E-state index is -1.55. The van der Waals surface area contributed by atoms with Crippen molar-refractivity contribution >= 4 is 40.6 Å². The Morgan fingerprint density at radius 1 is 1.14 bits per heavy atom. The van der Waals surface area contributed by atoms with Crippen molar-refractivity contribution in [2.75, 3.05) is 37.6 Å². The fourth-order valence-corrected chi connectivity index (χ4v) is 3.27. The maximum absolute atomic E-state index is 12.6. The van der Waals surface area contributed by atoms with Gasteiger partial charge >= 0.3 is 5.97 Å². The summed E-state index contributed by atoms with van der Waals surface area (Å²) in [5, 5.41) is 8.92. The van der Waals surface area contributed by atoms with Gasteiger partial charge in [-0.15, -0.1) is 0 Å². The van der Waals surface area contributed by atoms with Crippen LogP contribution in [0, 0.1) is 0 Å². The van der Waals surface area contributed by atoms with Crippen LogP contribution in [0.1, 0.15) is 10.4 Å². The Bertz CT molecular complexity index is 842. The van der Waals surface area contributed by atoms with Crippen molar-refractivity contribution in [1.29, 1.82) is 0 Å². The molecule has 1 aliphatic heterocycles. The second-order valence-corrected chi connectivity index (χ2v) is 7.11. The van der Waals surface area contributed by atoms with E-state index in [1.165, 1.54) is 12.1 Å². The second-order valence-electron chi connectivity index (χ2n) is 6.31. The third-order valence-corrected chi connectivity index (χ3v) is 5.02. The van der Waals surface area contributed by atoms with Crippen LogP contribution < -0.4 is 9.64 Å². The molecule has 1 saturated heterocycles. The van der Waals surface area contributed by atoms with E-state index in [9.17, 15) is 9.59 Å². The maximum Gasteiger partial charge on any atom is 0.360 e. The topological polar surface area (TPSA) is 83.0 Å². The monoisotopic (exact) mass is 423 g/mol. The number of aliphatic carboxylic acids is 1. The van der Waals surface area contributed by atoms with Gasteiger partial charge in [0, 0.05) is 49.8 Å². The summed E-state index contributed by atoms with van der Waals surface area (Å²) in [5.41, 5.74) is 0.0217. The quantitative estimate of drug-likeness (QED) is 0.541. The first-order valence-corrected chi connectivity index (χ1v) is 9.49. The molecule has 3 rings (SSSR count). The summed E-state index contributed by atoms with van der Waals surface area (Å²) in [4.78, 5) is 31.7. The molecule has 1 atom stereocenters. The van der Waals surface area contributed by atoms with Gasteiger partial charge in [-0.3, -0.25) is 14.7 Å². The lowest BCUT2D eigenvalue weighted by atomic mass is 10.1. The molecule has 1 N–H and O–H groups in total. The van der Waals surface area contributed by atoms with Crippen molar-refractivity contribution in [3.05, 3.63) is 53.3 Å². The first-order chi connectivity index (χ1) is 13.4. The third-order valence-electron chi connectivity index (χ3n) is 4.45. The van der Waals surface area contributed by atoms with E-state index in [2.05, 4.69) is 14.8 Å². The first-order valence-electron chi connectivity index (χ1n) is 8.67. The minimum absolute atomic E-state index is 0.0635. The molecule has 2 heterocycles. The van der Waals surface area contributed by atoms with E-state index in [4.69, 9.17) is 33.0 Å². The van der Waals surface area contributed by atoms with Crippen LogP contribution in [-0.4, -0.2) is 65.0 Å². The van der Waals surface area contributed by atoms with Gasteiger partial charge < -0.3 is 14.7 Å². The number of carbonyl (C=O) groups excluding carboxylic acids is 1. The molecule has 1 aliphatic rings. The number of hydrogen-bond acceptors (Lipinski definition) is 6. The molecule has 148 valence electrons. The van der Waals surface area contributed by atoms with Gasteiger partial charge in [0.15, 0.2) is 5.78 Å². The predicted molar refractivity (Wildman–Crippen MR) is 107 cm³/mol. The fraction of sp³-hybridized carbons (Fsp3) is 0.316. The van der Waals surface area contributed by atoms with E-state index in [0.717, 1.165) is 31.9 Å². The lowest BCUT2D eigenvalue weighted by molar-refractivity contribution is -0.141. The lowest BCUT2D eigenvalue weighted by Gasteiger charge is -2.35. The van der Waals surface area contributed by atoms with Gasteiger partial charge in [-0.25, -0.2) is 4.79 Å². The van der Waals surface area contributed by atoms with Crippen LogP contribution >= 0.6 is 23.2 Å². The van der Waals surface area contributed by atoms with Gasteiger partial charge in [-0.05, 0) is 30.3 Å². The van der Waals surface area contributed by atoms with Crippen molar-refractivity contribution in [2.45, 2.75) is 5.56 Å². The molecular formula is C19H19Cl2N3O4. The molecule has 0 bridgehead atoms. The number of pyridine rings is 1. The van der Waals surface area contributed by atoms with Crippen molar-refractivity contribution in [3.63, 3.8) is 0 Å². The van der Waals surface area contributed by atoms with Gasteiger partial charge in [-0.2, -0.15) is 0 Å². The molecular weight excluding hydrogens is 405 g/mol. The number of ether oxygens (including phenoxy) is 1. The molecule has 28 heavy (non-hydrogen) atoms. The Balaban J connectivity index is 1.55. The first kappa shape index (κ1) is 20.4. The zero-order chi connectivity index (χ0) is 20.1. The van der Waals surface area contributed by atoms with Crippen molar-refractivity contribution < 1.29 is 19.4 Å². The van der Waals surface area contributed by atoms with E-state index in [-0.39, 0.29) is 23.1 Å². The molecule has 0 amide bonds. The Morgan fingerprint density at radius 2 is 1.82 bits per heavy atom. The van der Waals surface area contributed by atoms with Crippen LogP contribution in [0.25, 0.3) is 0 Å². The Kier molecular flexibility index (Phi) is 6.72. The number of halogens is 2. The summed E-state index contributed by atoms with van der Waals surface area (Å²) in [6.45, 7) is 3.49. The highest BCUT2D eigenvalue weighted by atomic mass is 35.5. The van der Waals surface area contributed by atoms with Gasteiger partial charge in [-0.1, -0.05) is 23.2 Å². The van der Waals surface area contributed by atoms with Gasteiger partial charge in [0.1, 0.15) is 5.75 Å². The minimum Gasteiger partial charge on any atom is -0.478 e. The number of alkyl halides is 1. The SMILES string of the molecule is O=C(CN1CCN(c2ccncc2)CC1)c1ccc(OC(Cl)C(=O)O)c(Cl)c1. The number of Topliss-reactive ketones (excluding diaryl/α,β-unsaturated/α-hetero) is 1. The summed E-state index contributed by atoms with van der Waals surface area (Å²) in [7, 11) is 0. The molecule has 0 aliphatic carbocycles. The second kappa shape index (κ2) is 9.23. The van der Waals surface area contributed by atoms with E-state index in [1.54, 1.807) is 18.5 Å². The number of nitrogens with zero attached hydrogens (tertiary/aromatic N) is 3. The number of hydrogen-bond donors (Lipinski definition) is 1. The lowest BCUT2D eigenvalue weighted by Crippen LogP contribution is -2.48. The maximum atomic E-state index is 12.6. The van der Waals surface area contributed by atoms with Crippen molar-refractivity contribution in [1.82, 2.24) is 9.88 Å². The number of anilines is 1. The molecule has 1 aromatic carbocycles. The number of aromatic nitrogens is 1. The van der Waals surface area contributed by atoms with Gasteiger partial charge in [0.2, 0.25) is 0 Å². The number of piperazine rings is 1. The summed E-state index contributed by atoms with van der Waals surface area (Å²) in [6.07, 6.45) is 3.54. The van der Waals surface area contributed by atoms with Crippen molar-refractivity contribution in [3.8, 4) is 5.75 Å². The number of ketones is 1. The summed E-state index contributed by atoms with van der Waals surface area (Å²) >= 11 is 11.6. The zero-order valence-electron chi connectivity index (χ0n) is 14.9. The van der Waals surface area contributed by atoms with Crippen LogP contribution in [-0.2, 0) is 4.79 Å². The van der Waals surface area contributed by atoms with Crippen molar-refractivity contribution in [2.24, 2.45) is 0 Å². The van der Waals surface area contributed by atoms with Gasteiger partial charge in [0.25, 0.3) is 5.56 Å². The number of rotatable bonds is 7. The molecule has 0 saturated carbocycles. The number of carboxylic acid groups (broad SMARTS) is 1. The van der Waals surface area contributed by atoms with Gasteiger partial charge in [0.05, 0.1) is 11.6 Å². The van der Waals surface area contributed by atoms with E-state index >= 15 is 0 Å². The Morgan fingerprint density at radius 3 is 2.43 bits per heavy atom. The van der Waals surface area contributed by atoms with Crippen LogP contribution in [0.15, 0.2) is 42.7 Å². The highest BCUT2D eigenvalue weighted by Crippen LogP contribution is 2.27. The standard InChI is InChI=1S/C19H19Cl2N3O4/c20-15-11-13(1-2-17(15)28-18(21)19(26)27)16(25)12-23-7-9-24(10-8-23)14-3-5-22-6-4-14/h1-6,11,18H,7-10,12H2,(H,26,27). The van der Waals surface area contributed by atoms with Crippen LogP contribution in [0.4, 0.5) is 5.69 Å². The van der Waals surface area contributed by atoms with E-state index in [1.807, 2.05) is 12.1 Å². The molecule has 1 aromatic heterocycles. The Hall–Kier alpha value is -2.35. The van der Waals surface area contributed by atoms with E-state index in [0.29, 0.717) is 5.56 Å².